The number of thiophene rings is 1. The highest BCUT2D eigenvalue weighted by atomic mass is 32.1. The number of benzene rings is 2. The van der Waals surface area contributed by atoms with Gasteiger partial charge in [-0.25, -0.2) is 9.36 Å². The summed E-state index contributed by atoms with van der Waals surface area (Å²) in [6, 6.07) is 14.9. The molecule has 4 rings (SSSR count). The van der Waals surface area contributed by atoms with Gasteiger partial charge >= 0.3 is 5.69 Å². The summed E-state index contributed by atoms with van der Waals surface area (Å²) in [5.74, 6) is -0.277. The lowest BCUT2D eigenvalue weighted by atomic mass is 10.2. The number of nitrogens with zero attached hydrogens (tertiary/aromatic N) is 2. The summed E-state index contributed by atoms with van der Waals surface area (Å²) in [5.41, 5.74) is 0.666. The number of carbonyl (C=O) groups excluding carboxylic acids is 2. The second-order valence-electron chi connectivity index (χ2n) is 7.12. The van der Waals surface area contributed by atoms with Crippen molar-refractivity contribution in [1.82, 2.24) is 9.13 Å². The Hall–Kier alpha value is -4.18. The van der Waals surface area contributed by atoms with Gasteiger partial charge in [0.25, 0.3) is 5.56 Å². The molecule has 0 fully saturated rings. The quantitative estimate of drug-likeness (QED) is 0.456. The van der Waals surface area contributed by atoms with Crippen LogP contribution in [0.25, 0.3) is 15.9 Å². The van der Waals surface area contributed by atoms with Crippen LogP contribution in [0.4, 0.5) is 11.4 Å². The van der Waals surface area contributed by atoms with E-state index in [1.807, 2.05) is 0 Å². The van der Waals surface area contributed by atoms with Gasteiger partial charge in [0.1, 0.15) is 17.0 Å². The monoisotopic (exact) mass is 464 g/mol. The molecule has 10 heteroatoms. The van der Waals surface area contributed by atoms with Crippen LogP contribution in [0.5, 0.6) is 5.75 Å². The van der Waals surface area contributed by atoms with Gasteiger partial charge in [0.05, 0.1) is 18.3 Å². The Bertz CT molecular complexity index is 1470. The van der Waals surface area contributed by atoms with E-state index in [1.54, 1.807) is 60.0 Å². The molecule has 0 saturated carbocycles. The van der Waals surface area contributed by atoms with E-state index in [1.165, 1.54) is 29.9 Å². The highest BCUT2D eigenvalue weighted by Crippen LogP contribution is 2.22. The van der Waals surface area contributed by atoms with Crippen LogP contribution in [0.2, 0.25) is 0 Å². The lowest BCUT2D eigenvalue weighted by molar-refractivity contribution is -0.117. The number of fused-ring (bicyclic) bond motifs is 1. The van der Waals surface area contributed by atoms with E-state index in [4.69, 9.17) is 4.74 Å². The van der Waals surface area contributed by atoms with Gasteiger partial charge in [0.15, 0.2) is 0 Å². The van der Waals surface area contributed by atoms with Crippen molar-refractivity contribution in [2.75, 3.05) is 17.7 Å². The average Bonchev–Trinajstić information content (AvgIpc) is 3.28. The SMILES string of the molecule is COc1ccccc1-n1c(=O)c2sccc2n(CC(=O)Nc2ccc(NC(C)=O)cc2)c1=O. The molecule has 2 aromatic carbocycles. The molecule has 4 aromatic rings. The molecule has 0 aliphatic rings. The Morgan fingerprint density at radius 2 is 1.64 bits per heavy atom. The van der Waals surface area contributed by atoms with Crippen molar-refractivity contribution in [3.63, 3.8) is 0 Å². The second-order valence-corrected chi connectivity index (χ2v) is 8.04. The first-order valence-electron chi connectivity index (χ1n) is 9.93. The molecule has 0 saturated heterocycles. The number of ether oxygens (including phenoxy) is 1. The molecule has 0 unspecified atom stereocenters. The van der Waals surface area contributed by atoms with E-state index in [9.17, 15) is 19.2 Å². The minimum atomic E-state index is -0.647. The lowest BCUT2D eigenvalue weighted by Crippen LogP contribution is -2.40. The van der Waals surface area contributed by atoms with Gasteiger partial charge in [-0.2, -0.15) is 0 Å². The van der Waals surface area contributed by atoms with Crippen molar-refractivity contribution in [3.05, 3.63) is 80.8 Å². The summed E-state index contributed by atoms with van der Waals surface area (Å²) in [6.45, 7) is 1.11. The molecule has 2 amide bonds. The molecule has 0 bridgehead atoms. The standard InChI is InChI=1S/C23H20N4O5S/c1-14(28)24-15-7-9-16(10-8-15)25-20(29)13-26-18-11-12-33-21(18)22(30)27(23(26)31)17-5-3-4-6-19(17)32-2/h3-12H,13H2,1-2H3,(H,24,28)(H,25,29). The summed E-state index contributed by atoms with van der Waals surface area (Å²) in [5, 5.41) is 7.08. The van der Waals surface area contributed by atoms with E-state index in [2.05, 4.69) is 10.6 Å². The maximum atomic E-state index is 13.4. The molecule has 0 aliphatic carbocycles. The number of nitrogens with one attached hydrogen (secondary N) is 2. The number of aromatic nitrogens is 2. The molecular weight excluding hydrogens is 444 g/mol. The highest BCUT2D eigenvalue weighted by Gasteiger charge is 2.19. The van der Waals surface area contributed by atoms with E-state index >= 15 is 0 Å². The fraction of sp³-hybridized carbons (Fsp3) is 0.130. The minimum absolute atomic E-state index is 0.198. The molecule has 0 spiro atoms. The van der Waals surface area contributed by atoms with Crippen LogP contribution in [0.1, 0.15) is 6.92 Å². The van der Waals surface area contributed by atoms with Crippen molar-refractivity contribution in [3.8, 4) is 11.4 Å². The normalized spacial score (nSPS) is 10.7. The zero-order valence-electron chi connectivity index (χ0n) is 17.8. The first kappa shape index (κ1) is 22.0. The molecule has 2 N–H and O–H groups in total. The Balaban J connectivity index is 1.70. The third-order valence-corrected chi connectivity index (χ3v) is 5.76. The van der Waals surface area contributed by atoms with Crippen LogP contribution in [0.3, 0.4) is 0 Å². The van der Waals surface area contributed by atoms with Crippen LogP contribution in [0, 0.1) is 0 Å². The molecule has 33 heavy (non-hydrogen) atoms. The summed E-state index contributed by atoms with van der Waals surface area (Å²) < 4.78 is 7.97. The summed E-state index contributed by atoms with van der Waals surface area (Å²) in [7, 11) is 1.46. The van der Waals surface area contributed by atoms with Crippen molar-refractivity contribution in [2.45, 2.75) is 13.5 Å². The Morgan fingerprint density at radius 3 is 2.30 bits per heavy atom. The lowest BCUT2D eigenvalue weighted by Gasteiger charge is -2.14. The summed E-state index contributed by atoms with van der Waals surface area (Å²) in [4.78, 5) is 50.4. The zero-order chi connectivity index (χ0) is 23.5. The third kappa shape index (κ3) is 4.41. The maximum absolute atomic E-state index is 13.4. The van der Waals surface area contributed by atoms with Crippen LogP contribution in [-0.4, -0.2) is 28.1 Å². The van der Waals surface area contributed by atoms with Gasteiger partial charge in [0.2, 0.25) is 11.8 Å². The van der Waals surface area contributed by atoms with Crippen LogP contribution >= 0.6 is 11.3 Å². The summed E-state index contributed by atoms with van der Waals surface area (Å²) >= 11 is 1.20. The van der Waals surface area contributed by atoms with Crippen LogP contribution < -0.4 is 26.6 Å². The Labute approximate surface area is 191 Å². The van der Waals surface area contributed by atoms with E-state index in [-0.39, 0.29) is 12.5 Å². The number of rotatable bonds is 6. The smallest absolute Gasteiger partial charge is 0.336 e. The largest absolute Gasteiger partial charge is 0.495 e. The fourth-order valence-electron chi connectivity index (χ4n) is 3.45. The van der Waals surface area contributed by atoms with Crippen molar-refractivity contribution >= 4 is 44.7 Å². The molecule has 9 nitrogen and oxygen atoms in total. The van der Waals surface area contributed by atoms with Gasteiger partial charge in [-0.3, -0.25) is 19.0 Å². The zero-order valence-corrected chi connectivity index (χ0v) is 18.6. The van der Waals surface area contributed by atoms with E-state index in [0.717, 1.165) is 4.57 Å². The number of hydrogen-bond donors (Lipinski definition) is 2. The second kappa shape index (κ2) is 9.13. The molecule has 168 valence electrons. The predicted octanol–water partition coefficient (Wildman–Crippen LogP) is 2.82. The first-order chi connectivity index (χ1) is 15.9. The Kier molecular flexibility index (Phi) is 6.09. The van der Waals surface area contributed by atoms with Gasteiger partial charge in [-0.15, -0.1) is 11.3 Å². The van der Waals surface area contributed by atoms with E-state index in [0.29, 0.717) is 33.0 Å². The molecule has 0 aliphatic heterocycles. The number of carbonyl (C=O) groups is 2. The number of para-hydroxylation sites is 2. The number of anilines is 2. The predicted molar refractivity (Wildman–Crippen MR) is 128 cm³/mol. The summed E-state index contributed by atoms with van der Waals surface area (Å²) in [6.07, 6.45) is 0. The van der Waals surface area contributed by atoms with Crippen molar-refractivity contribution in [2.24, 2.45) is 0 Å². The minimum Gasteiger partial charge on any atom is -0.495 e. The topological polar surface area (TPSA) is 111 Å². The average molecular weight is 465 g/mol. The van der Waals surface area contributed by atoms with Crippen LogP contribution in [0.15, 0.2) is 69.6 Å². The van der Waals surface area contributed by atoms with Gasteiger partial charge in [-0.1, -0.05) is 12.1 Å². The number of hydrogen-bond acceptors (Lipinski definition) is 6. The molecular formula is C23H20N4O5S. The van der Waals surface area contributed by atoms with Gasteiger partial charge in [0, 0.05) is 18.3 Å². The maximum Gasteiger partial charge on any atom is 0.336 e. The molecule has 0 atom stereocenters. The fourth-order valence-corrected chi connectivity index (χ4v) is 4.28. The molecule has 2 heterocycles. The molecule has 2 aromatic heterocycles. The Morgan fingerprint density at radius 1 is 0.970 bits per heavy atom. The number of amides is 2. The highest BCUT2D eigenvalue weighted by molar-refractivity contribution is 7.17. The number of methoxy groups -OCH3 is 1. The van der Waals surface area contributed by atoms with Gasteiger partial charge < -0.3 is 15.4 Å². The first-order valence-corrected chi connectivity index (χ1v) is 10.8. The van der Waals surface area contributed by atoms with Gasteiger partial charge in [-0.05, 0) is 47.8 Å². The van der Waals surface area contributed by atoms with Crippen molar-refractivity contribution < 1.29 is 14.3 Å². The van der Waals surface area contributed by atoms with Crippen LogP contribution in [-0.2, 0) is 16.1 Å². The molecule has 0 radical (unpaired) electrons. The van der Waals surface area contributed by atoms with E-state index < -0.39 is 17.2 Å². The van der Waals surface area contributed by atoms with Crippen molar-refractivity contribution in [1.29, 1.82) is 0 Å². The third-order valence-electron chi connectivity index (χ3n) is 4.87.